The zero-order valence-corrected chi connectivity index (χ0v) is 9.00. The van der Waals surface area contributed by atoms with Crippen LogP contribution in [0.1, 0.15) is 22.8 Å². The second kappa shape index (κ2) is 3.48. The van der Waals surface area contributed by atoms with Crippen LogP contribution >= 0.6 is 0 Å². The van der Waals surface area contributed by atoms with Gasteiger partial charge in [-0.05, 0) is 31.5 Å². The molecule has 0 spiro atoms. The van der Waals surface area contributed by atoms with Crippen molar-refractivity contribution in [2.45, 2.75) is 13.8 Å². The first kappa shape index (κ1) is 10.4. The number of hydrogen-bond donors (Lipinski definition) is 2. The summed E-state index contributed by atoms with van der Waals surface area (Å²) in [6.07, 6.45) is 0. The van der Waals surface area contributed by atoms with E-state index in [9.17, 15) is 14.7 Å². The van der Waals surface area contributed by atoms with Gasteiger partial charge < -0.3 is 10.1 Å². The Morgan fingerprint density at radius 1 is 1.38 bits per heavy atom. The Morgan fingerprint density at radius 3 is 2.69 bits per heavy atom. The molecule has 0 fully saturated rings. The number of phenols is 1. The van der Waals surface area contributed by atoms with Gasteiger partial charge in [0.15, 0.2) is 5.78 Å². The number of carbonyl (C=O) groups excluding carboxylic acids is 1. The summed E-state index contributed by atoms with van der Waals surface area (Å²) in [5.41, 5.74) is 1.28. The Morgan fingerprint density at radius 2 is 2.06 bits per heavy atom. The number of aryl methyl sites for hydroxylation is 1. The van der Waals surface area contributed by atoms with E-state index in [-0.39, 0.29) is 22.7 Å². The van der Waals surface area contributed by atoms with Gasteiger partial charge in [-0.3, -0.25) is 9.59 Å². The number of pyridine rings is 1. The molecule has 0 bridgehead atoms. The van der Waals surface area contributed by atoms with E-state index in [1.54, 1.807) is 13.0 Å². The van der Waals surface area contributed by atoms with E-state index in [0.29, 0.717) is 16.5 Å². The molecule has 0 radical (unpaired) electrons. The molecule has 0 amide bonds. The number of rotatable bonds is 1. The van der Waals surface area contributed by atoms with Gasteiger partial charge in [-0.2, -0.15) is 0 Å². The molecule has 16 heavy (non-hydrogen) atoms. The summed E-state index contributed by atoms with van der Waals surface area (Å²) in [7, 11) is 0. The van der Waals surface area contributed by atoms with Crippen LogP contribution in [0.2, 0.25) is 0 Å². The number of benzene rings is 1. The molecular weight excluding hydrogens is 206 g/mol. The van der Waals surface area contributed by atoms with E-state index >= 15 is 0 Å². The highest BCUT2D eigenvalue weighted by atomic mass is 16.3. The number of aromatic amines is 1. The number of H-pyrrole nitrogens is 1. The quantitative estimate of drug-likeness (QED) is 0.715. The Bertz CT molecular complexity index is 640. The molecule has 1 aromatic carbocycles. The SMILES string of the molecule is CC(=O)c1c(O)ccc2[nH]c(=O)cc(C)c12. The van der Waals surface area contributed by atoms with Crippen molar-refractivity contribution in [3.8, 4) is 5.75 Å². The van der Waals surface area contributed by atoms with Crippen LogP contribution in [0.15, 0.2) is 23.0 Å². The van der Waals surface area contributed by atoms with E-state index in [1.165, 1.54) is 19.1 Å². The highest BCUT2D eigenvalue weighted by molar-refractivity contribution is 6.09. The first-order valence-corrected chi connectivity index (χ1v) is 4.87. The van der Waals surface area contributed by atoms with Gasteiger partial charge >= 0.3 is 0 Å². The predicted octanol–water partition coefficient (Wildman–Crippen LogP) is 1.74. The lowest BCUT2D eigenvalue weighted by Gasteiger charge is -2.08. The molecule has 0 aliphatic carbocycles. The topological polar surface area (TPSA) is 70.2 Å². The number of ketones is 1. The molecule has 82 valence electrons. The smallest absolute Gasteiger partial charge is 0.248 e. The van der Waals surface area contributed by atoms with Gasteiger partial charge in [0.05, 0.1) is 5.56 Å². The molecule has 1 aromatic heterocycles. The summed E-state index contributed by atoms with van der Waals surface area (Å²) in [5.74, 6) is -0.284. The number of nitrogens with one attached hydrogen (secondary N) is 1. The van der Waals surface area contributed by atoms with Crippen molar-refractivity contribution in [2.75, 3.05) is 0 Å². The molecule has 0 unspecified atom stereocenters. The molecule has 2 aromatic rings. The summed E-state index contributed by atoms with van der Waals surface area (Å²) in [6.45, 7) is 3.13. The molecule has 1 heterocycles. The zero-order valence-electron chi connectivity index (χ0n) is 9.00. The van der Waals surface area contributed by atoms with Crippen LogP contribution in [-0.2, 0) is 0 Å². The predicted molar refractivity (Wildman–Crippen MR) is 61.0 cm³/mol. The third-order valence-electron chi connectivity index (χ3n) is 2.54. The molecule has 0 saturated heterocycles. The van der Waals surface area contributed by atoms with Gasteiger partial charge in [-0.1, -0.05) is 0 Å². The van der Waals surface area contributed by atoms with Gasteiger partial charge in [0, 0.05) is 17.0 Å². The Labute approximate surface area is 91.5 Å². The van der Waals surface area contributed by atoms with Crippen LogP contribution in [0.3, 0.4) is 0 Å². The third kappa shape index (κ3) is 1.48. The molecule has 2 N–H and O–H groups in total. The Hall–Kier alpha value is -2.10. The number of hydrogen-bond acceptors (Lipinski definition) is 3. The number of carbonyl (C=O) groups is 1. The van der Waals surface area contributed by atoms with Gasteiger partial charge in [-0.15, -0.1) is 0 Å². The standard InChI is InChI=1S/C12H11NO3/c1-6-5-10(16)13-8-3-4-9(15)12(7(2)14)11(6)8/h3-5,15H,1-2H3,(H,13,16). The van der Waals surface area contributed by atoms with Crippen LogP contribution < -0.4 is 5.56 Å². The monoisotopic (exact) mass is 217 g/mol. The lowest BCUT2D eigenvalue weighted by molar-refractivity contribution is 0.101. The van der Waals surface area contributed by atoms with Crippen molar-refractivity contribution in [3.63, 3.8) is 0 Å². The van der Waals surface area contributed by atoms with E-state index in [2.05, 4.69) is 4.98 Å². The minimum atomic E-state index is -0.224. The van der Waals surface area contributed by atoms with Crippen molar-refractivity contribution < 1.29 is 9.90 Å². The first-order chi connectivity index (χ1) is 7.50. The maximum atomic E-state index is 11.5. The maximum absolute atomic E-state index is 11.5. The van der Waals surface area contributed by atoms with Crippen molar-refractivity contribution >= 4 is 16.7 Å². The number of fused-ring (bicyclic) bond motifs is 1. The van der Waals surface area contributed by atoms with Crippen LogP contribution in [0, 0.1) is 6.92 Å². The average Bonchev–Trinajstić information content (AvgIpc) is 2.18. The van der Waals surface area contributed by atoms with Crippen LogP contribution in [-0.4, -0.2) is 15.9 Å². The highest BCUT2D eigenvalue weighted by Crippen LogP contribution is 2.27. The van der Waals surface area contributed by atoms with Gasteiger partial charge in [0.25, 0.3) is 0 Å². The second-order valence-electron chi connectivity index (χ2n) is 3.76. The molecule has 4 heteroatoms. The third-order valence-corrected chi connectivity index (χ3v) is 2.54. The number of phenolic OH excluding ortho intramolecular Hbond substituents is 1. The number of Topliss-reactive ketones (excluding diaryl/α,β-unsaturated/α-hetero) is 1. The Kier molecular flexibility index (Phi) is 2.27. The molecular formula is C12H11NO3. The number of aromatic nitrogens is 1. The average molecular weight is 217 g/mol. The van der Waals surface area contributed by atoms with Crippen molar-refractivity contribution in [2.24, 2.45) is 0 Å². The fourth-order valence-corrected chi connectivity index (χ4v) is 1.90. The lowest BCUT2D eigenvalue weighted by atomic mass is 10.0. The van der Waals surface area contributed by atoms with Gasteiger partial charge in [-0.25, -0.2) is 0 Å². The summed E-state index contributed by atoms with van der Waals surface area (Å²) < 4.78 is 0. The number of aromatic hydroxyl groups is 1. The van der Waals surface area contributed by atoms with E-state index in [0.717, 1.165) is 0 Å². The van der Waals surface area contributed by atoms with E-state index < -0.39 is 0 Å². The minimum absolute atomic E-state index is 0.0600. The Balaban J connectivity index is 3.03. The maximum Gasteiger partial charge on any atom is 0.248 e. The molecule has 0 saturated carbocycles. The van der Waals surface area contributed by atoms with Crippen LogP contribution in [0.5, 0.6) is 5.75 Å². The van der Waals surface area contributed by atoms with Crippen molar-refractivity contribution in [1.82, 2.24) is 4.98 Å². The molecule has 2 rings (SSSR count). The lowest BCUT2D eigenvalue weighted by Crippen LogP contribution is -2.07. The van der Waals surface area contributed by atoms with Crippen molar-refractivity contribution in [1.29, 1.82) is 0 Å². The normalized spacial score (nSPS) is 10.6. The van der Waals surface area contributed by atoms with E-state index in [4.69, 9.17) is 0 Å². The summed E-state index contributed by atoms with van der Waals surface area (Å²) >= 11 is 0. The molecule has 4 nitrogen and oxygen atoms in total. The van der Waals surface area contributed by atoms with E-state index in [1.807, 2.05) is 0 Å². The summed E-state index contributed by atoms with van der Waals surface area (Å²) in [6, 6.07) is 4.41. The summed E-state index contributed by atoms with van der Waals surface area (Å²) in [5, 5.41) is 10.3. The fraction of sp³-hybridized carbons (Fsp3) is 0.167. The van der Waals surface area contributed by atoms with Crippen LogP contribution in [0.4, 0.5) is 0 Å². The first-order valence-electron chi connectivity index (χ1n) is 4.87. The zero-order chi connectivity index (χ0) is 11.9. The van der Waals surface area contributed by atoms with Gasteiger partial charge in [0.1, 0.15) is 5.75 Å². The van der Waals surface area contributed by atoms with Crippen molar-refractivity contribution in [3.05, 3.63) is 39.7 Å². The van der Waals surface area contributed by atoms with Gasteiger partial charge in [0.2, 0.25) is 5.56 Å². The highest BCUT2D eigenvalue weighted by Gasteiger charge is 2.13. The molecule has 0 atom stereocenters. The molecule has 0 aliphatic rings. The summed E-state index contributed by atoms with van der Waals surface area (Å²) in [4.78, 5) is 25.4. The fourth-order valence-electron chi connectivity index (χ4n) is 1.90. The second-order valence-corrected chi connectivity index (χ2v) is 3.76. The largest absolute Gasteiger partial charge is 0.507 e. The minimum Gasteiger partial charge on any atom is -0.507 e. The van der Waals surface area contributed by atoms with Crippen LogP contribution in [0.25, 0.3) is 10.9 Å². The molecule has 0 aliphatic heterocycles.